The molecule has 0 aliphatic carbocycles. The number of carbonyl (C=O) groups excluding carboxylic acids is 1. The maximum Gasteiger partial charge on any atom is 0.293 e. The zero-order valence-corrected chi connectivity index (χ0v) is 36.3. The second-order valence-corrected chi connectivity index (χ2v) is 18.3. The number of anilines is 4. The number of H-pyrrole nitrogens is 1. The third-order valence-corrected chi connectivity index (χ3v) is 13.5. The van der Waals surface area contributed by atoms with Gasteiger partial charge in [0.15, 0.2) is 0 Å². The normalized spacial score (nSPS) is 18.5. The van der Waals surface area contributed by atoms with Crippen LogP contribution < -0.4 is 24.6 Å². The number of nitro groups is 1. The number of hydrogen-bond donors (Lipinski definition) is 4. The van der Waals surface area contributed by atoms with E-state index in [-0.39, 0.29) is 35.9 Å². The highest BCUT2D eigenvalue weighted by molar-refractivity contribution is 7.90. The number of rotatable bonds is 12. The number of nitro benzene ring substituents is 1. The number of nitrogens with zero attached hydrogens (tertiary/aromatic N) is 4. The summed E-state index contributed by atoms with van der Waals surface area (Å²) >= 11 is 6.17. The van der Waals surface area contributed by atoms with Crippen molar-refractivity contribution in [1.82, 2.24) is 14.7 Å². The van der Waals surface area contributed by atoms with Crippen molar-refractivity contribution in [3.05, 3.63) is 130 Å². The van der Waals surface area contributed by atoms with E-state index in [1.165, 1.54) is 12.1 Å². The van der Waals surface area contributed by atoms with Crippen LogP contribution in [0.5, 0.6) is 5.88 Å². The molecular formula is C46H46ClN7O9S. The van der Waals surface area contributed by atoms with Gasteiger partial charge in [-0.1, -0.05) is 48.0 Å². The number of carbonyl (C=O) groups is 1. The molecule has 3 atom stereocenters. The largest absolute Gasteiger partial charge is 0.471 e. The summed E-state index contributed by atoms with van der Waals surface area (Å²) in [5, 5.41) is 28.3. The van der Waals surface area contributed by atoms with Crippen molar-refractivity contribution in [2.75, 3.05) is 61.1 Å². The van der Waals surface area contributed by atoms with Crippen molar-refractivity contribution in [1.29, 1.82) is 0 Å². The minimum absolute atomic E-state index is 0.0255. The van der Waals surface area contributed by atoms with Crippen molar-refractivity contribution in [2.45, 2.75) is 43.0 Å². The van der Waals surface area contributed by atoms with Gasteiger partial charge >= 0.3 is 0 Å². The summed E-state index contributed by atoms with van der Waals surface area (Å²) in [5.74, 6) is -0.615. The number of pyridine rings is 1. The average Bonchev–Trinajstić information content (AvgIpc) is 3.77. The number of piperidine rings is 1. The highest BCUT2D eigenvalue weighted by Crippen LogP contribution is 2.43. The zero-order chi connectivity index (χ0) is 44.5. The lowest BCUT2D eigenvalue weighted by atomic mass is 9.84. The molecule has 3 aliphatic heterocycles. The number of aliphatic hydroxyl groups excluding tert-OH is 1. The molecule has 5 heterocycles. The van der Waals surface area contributed by atoms with Gasteiger partial charge in [0.05, 0.1) is 59.6 Å². The van der Waals surface area contributed by atoms with E-state index in [4.69, 9.17) is 30.8 Å². The van der Waals surface area contributed by atoms with Crippen molar-refractivity contribution in [2.24, 2.45) is 5.92 Å². The number of ether oxygens (including phenoxy) is 3. The Hall–Kier alpha value is -6.24. The second kappa shape index (κ2) is 18.1. The smallest absolute Gasteiger partial charge is 0.293 e. The molecule has 64 heavy (non-hydrogen) atoms. The first-order valence-electron chi connectivity index (χ1n) is 21.0. The summed E-state index contributed by atoms with van der Waals surface area (Å²) in [7, 11) is -4.62. The van der Waals surface area contributed by atoms with E-state index in [9.17, 15) is 28.4 Å². The second-order valence-electron chi connectivity index (χ2n) is 16.2. The standard InChI is InChI=1S/C46H46ClN7O9S/c1-28-26-53(42-22-31-14-17-48-44(31)50-46(42)63-28)40-23-33(52-18-15-30(16-19-52)43(55)37-5-3-2-4-36(37)29-6-8-32(47)9-7-29)10-12-38(40)45(56)51-64(59,60)35-11-13-39(41(24-35)54(57)58)49-25-34-27-61-20-21-62-34/h2-14,17,22-24,28,30,34,43,49,55H,15-16,18-21,25-27H2,1H3,(H,48,50)(H,51,56)/t28-,34-,43?/m0/s1. The van der Waals surface area contributed by atoms with Crippen molar-refractivity contribution >= 4 is 67.0 Å². The summed E-state index contributed by atoms with van der Waals surface area (Å²) in [6, 6.07) is 27.9. The lowest BCUT2D eigenvalue weighted by Crippen LogP contribution is -2.38. The maximum absolute atomic E-state index is 14.3. The Balaban J connectivity index is 0.996. The van der Waals surface area contributed by atoms with Gasteiger partial charge in [-0.3, -0.25) is 14.9 Å². The summed E-state index contributed by atoms with van der Waals surface area (Å²) < 4.78 is 47.1. The van der Waals surface area contributed by atoms with E-state index in [1.807, 2.05) is 78.6 Å². The minimum atomic E-state index is -4.62. The molecule has 4 N–H and O–H groups in total. The number of aliphatic hydroxyl groups is 1. The molecule has 1 unspecified atom stereocenters. The van der Waals surface area contributed by atoms with Crippen molar-refractivity contribution in [3.8, 4) is 17.0 Å². The van der Waals surface area contributed by atoms with Crippen LogP contribution in [0.3, 0.4) is 0 Å². The van der Waals surface area contributed by atoms with E-state index < -0.39 is 37.5 Å². The molecule has 18 heteroatoms. The van der Waals surface area contributed by atoms with Crippen LogP contribution in [0.4, 0.5) is 28.4 Å². The highest BCUT2D eigenvalue weighted by Gasteiger charge is 2.33. The molecule has 6 aromatic rings. The number of benzene rings is 4. The molecule has 332 valence electrons. The number of aromatic amines is 1. The Labute approximate surface area is 374 Å². The van der Waals surface area contributed by atoms with Crippen LogP contribution in [0.15, 0.2) is 108 Å². The number of amides is 1. The van der Waals surface area contributed by atoms with E-state index in [2.05, 4.69) is 19.9 Å². The number of sulfonamides is 1. The lowest BCUT2D eigenvalue weighted by Gasteiger charge is -2.38. The van der Waals surface area contributed by atoms with E-state index >= 15 is 0 Å². The van der Waals surface area contributed by atoms with Crippen LogP contribution in [0, 0.1) is 16.0 Å². The quantitative estimate of drug-likeness (QED) is 0.0691. The highest BCUT2D eigenvalue weighted by atomic mass is 35.5. The Morgan fingerprint density at radius 2 is 1.81 bits per heavy atom. The van der Waals surface area contributed by atoms with Crippen LogP contribution in [0.1, 0.15) is 41.8 Å². The summed E-state index contributed by atoms with van der Waals surface area (Å²) in [5.41, 5.74) is 4.84. The van der Waals surface area contributed by atoms with Crippen molar-refractivity contribution in [3.63, 3.8) is 0 Å². The molecule has 0 bridgehead atoms. The summed E-state index contributed by atoms with van der Waals surface area (Å²) in [6.07, 6.45) is 1.72. The molecule has 9 rings (SSSR count). The first kappa shape index (κ1) is 43.0. The SMILES string of the molecule is C[C@H]1CN(c2cc(N3CCC(C(O)c4ccccc4-c4ccc(Cl)cc4)CC3)ccc2C(=O)NS(=O)(=O)c2ccc(NC[C@H]3COCCO3)c([N+](=O)[O-])c2)c2cc3cc[nH]c3nc2O1. The molecule has 2 aromatic heterocycles. The average molecular weight is 908 g/mol. The molecule has 1 amide bonds. The van der Waals surface area contributed by atoms with Crippen LogP contribution in [-0.2, 0) is 19.5 Å². The monoisotopic (exact) mass is 907 g/mol. The first-order chi connectivity index (χ1) is 30.9. The molecule has 0 saturated carbocycles. The van der Waals surface area contributed by atoms with E-state index in [1.54, 1.807) is 18.3 Å². The van der Waals surface area contributed by atoms with Gasteiger partial charge in [-0.25, -0.2) is 13.1 Å². The third kappa shape index (κ3) is 8.94. The Morgan fingerprint density at radius 3 is 2.58 bits per heavy atom. The van der Waals surface area contributed by atoms with Gasteiger partial charge in [0.1, 0.15) is 23.1 Å². The fraction of sp³-hybridized carbons (Fsp3) is 0.304. The van der Waals surface area contributed by atoms with Crippen LogP contribution in [0.2, 0.25) is 5.02 Å². The van der Waals surface area contributed by atoms with Gasteiger partial charge < -0.3 is 39.4 Å². The molecule has 2 fully saturated rings. The Bertz CT molecular complexity index is 2810. The number of aromatic nitrogens is 2. The van der Waals surface area contributed by atoms with E-state index in [0.29, 0.717) is 80.2 Å². The van der Waals surface area contributed by atoms with Crippen LogP contribution in [0.25, 0.3) is 22.2 Å². The van der Waals surface area contributed by atoms with Gasteiger partial charge in [-0.05, 0) is 97.0 Å². The molecule has 2 saturated heterocycles. The first-order valence-corrected chi connectivity index (χ1v) is 22.9. The lowest BCUT2D eigenvalue weighted by molar-refractivity contribution is -0.384. The molecular weight excluding hydrogens is 862 g/mol. The number of halogens is 1. The third-order valence-electron chi connectivity index (χ3n) is 11.9. The topological polar surface area (TPSA) is 201 Å². The summed E-state index contributed by atoms with van der Waals surface area (Å²) in [6.45, 7) is 4.78. The number of fused-ring (bicyclic) bond motifs is 2. The summed E-state index contributed by atoms with van der Waals surface area (Å²) in [4.78, 5) is 37.2. The van der Waals surface area contributed by atoms with Gasteiger partial charge in [0.2, 0.25) is 5.88 Å². The molecule has 3 aliphatic rings. The van der Waals surface area contributed by atoms with Gasteiger partial charge in [0.25, 0.3) is 21.6 Å². The number of hydrogen-bond acceptors (Lipinski definition) is 13. The predicted molar refractivity (Wildman–Crippen MR) is 243 cm³/mol. The molecule has 16 nitrogen and oxygen atoms in total. The minimum Gasteiger partial charge on any atom is -0.471 e. The molecule has 0 spiro atoms. The van der Waals surface area contributed by atoms with Gasteiger partial charge in [0, 0.05) is 48.0 Å². The molecule has 0 radical (unpaired) electrons. The van der Waals surface area contributed by atoms with Gasteiger partial charge in [-0.15, -0.1) is 0 Å². The fourth-order valence-corrected chi connectivity index (χ4v) is 9.76. The fourth-order valence-electron chi connectivity index (χ4n) is 8.65. The number of nitrogens with one attached hydrogen (secondary N) is 3. The zero-order valence-electron chi connectivity index (χ0n) is 34.8. The van der Waals surface area contributed by atoms with Crippen molar-refractivity contribution < 1.29 is 37.5 Å². The Morgan fingerprint density at radius 1 is 1.02 bits per heavy atom. The molecule has 4 aromatic carbocycles. The predicted octanol–water partition coefficient (Wildman–Crippen LogP) is 7.61. The Kier molecular flexibility index (Phi) is 12.2. The van der Waals surface area contributed by atoms with Crippen LogP contribution >= 0.6 is 11.6 Å². The van der Waals surface area contributed by atoms with E-state index in [0.717, 1.165) is 33.8 Å². The van der Waals surface area contributed by atoms with Gasteiger partial charge in [-0.2, -0.15) is 4.98 Å². The maximum atomic E-state index is 14.3. The van der Waals surface area contributed by atoms with Crippen LogP contribution in [-0.4, -0.2) is 92.5 Å².